The first-order valence-corrected chi connectivity index (χ1v) is 4.87. The maximum Gasteiger partial charge on any atom is 0.212 e. The molecule has 2 heterocycles. The molecule has 1 N–H and O–H groups in total. The minimum Gasteiger partial charge on any atom is -0.481 e. The van der Waals surface area contributed by atoms with E-state index in [1.807, 2.05) is 18.2 Å². The lowest BCUT2D eigenvalue weighted by Gasteiger charge is -2.05. The van der Waals surface area contributed by atoms with Crippen LogP contribution in [-0.4, -0.2) is 22.1 Å². The summed E-state index contributed by atoms with van der Waals surface area (Å²) in [5, 5.41) is 3.17. The zero-order chi connectivity index (χ0) is 11.2. The minimum atomic E-state index is 0.616. The Kier molecular flexibility index (Phi) is 3.28. The fourth-order valence-electron chi connectivity index (χ4n) is 1.22. The van der Waals surface area contributed by atoms with Crippen LogP contribution in [0.2, 0.25) is 0 Å². The molecule has 0 saturated heterocycles. The van der Waals surface area contributed by atoms with E-state index in [1.54, 1.807) is 19.5 Å². The average Bonchev–Trinajstić information content (AvgIpc) is 2.38. The van der Waals surface area contributed by atoms with Crippen LogP contribution in [-0.2, 0) is 6.54 Å². The summed E-state index contributed by atoms with van der Waals surface area (Å²) in [5.41, 5.74) is 1.07. The summed E-state index contributed by atoms with van der Waals surface area (Å²) in [6.45, 7) is 0.675. The number of pyridine rings is 1. The number of hydrogen-bond acceptors (Lipinski definition) is 5. The van der Waals surface area contributed by atoms with Crippen LogP contribution in [0.1, 0.15) is 5.56 Å². The number of ether oxygens (including phenoxy) is 1. The largest absolute Gasteiger partial charge is 0.481 e. The van der Waals surface area contributed by atoms with Gasteiger partial charge in [0.2, 0.25) is 5.88 Å². The van der Waals surface area contributed by atoms with Crippen molar-refractivity contribution in [3.63, 3.8) is 0 Å². The Hall–Kier alpha value is -2.17. The predicted octanol–water partition coefficient (Wildman–Crippen LogP) is 1.49. The van der Waals surface area contributed by atoms with Gasteiger partial charge in [-0.1, -0.05) is 6.07 Å². The lowest BCUT2D eigenvalue weighted by molar-refractivity contribution is 0.397. The van der Waals surface area contributed by atoms with Crippen LogP contribution in [0, 0.1) is 0 Å². The van der Waals surface area contributed by atoms with Crippen molar-refractivity contribution in [2.75, 3.05) is 12.4 Å². The third kappa shape index (κ3) is 2.66. The lowest BCUT2D eigenvalue weighted by atomic mass is 10.3. The van der Waals surface area contributed by atoms with Gasteiger partial charge in [-0.3, -0.25) is 0 Å². The van der Waals surface area contributed by atoms with E-state index in [9.17, 15) is 0 Å². The van der Waals surface area contributed by atoms with Gasteiger partial charge in [-0.05, 0) is 11.6 Å². The Morgan fingerprint density at radius 2 is 2.19 bits per heavy atom. The van der Waals surface area contributed by atoms with E-state index in [-0.39, 0.29) is 0 Å². The van der Waals surface area contributed by atoms with Gasteiger partial charge in [0.1, 0.15) is 12.1 Å². The molecule has 5 nitrogen and oxygen atoms in total. The van der Waals surface area contributed by atoms with Crippen molar-refractivity contribution in [3.05, 3.63) is 42.5 Å². The van der Waals surface area contributed by atoms with E-state index in [0.717, 1.165) is 11.4 Å². The van der Waals surface area contributed by atoms with Crippen molar-refractivity contribution in [2.24, 2.45) is 0 Å². The van der Waals surface area contributed by atoms with Crippen LogP contribution in [0.25, 0.3) is 0 Å². The van der Waals surface area contributed by atoms with Crippen molar-refractivity contribution in [2.45, 2.75) is 6.54 Å². The average molecular weight is 216 g/mol. The summed E-state index contributed by atoms with van der Waals surface area (Å²) in [4.78, 5) is 12.0. The monoisotopic (exact) mass is 216 g/mol. The molecule has 0 aromatic carbocycles. The van der Waals surface area contributed by atoms with Gasteiger partial charge < -0.3 is 10.1 Å². The van der Waals surface area contributed by atoms with Crippen molar-refractivity contribution < 1.29 is 4.74 Å². The highest BCUT2D eigenvalue weighted by atomic mass is 16.5. The van der Waals surface area contributed by atoms with E-state index in [4.69, 9.17) is 4.74 Å². The van der Waals surface area contributed by atoms with Crippen LogP contribution < -0.4 is 10.1 Å². The molecule has 0 aliphatic rings. The molecule has 0 spiro atoms. The molecule has 16 heavy (non-hydrogen) atoms. The molecule has 0 aliphatic carbocycles. The molecule has 0 atom stereocenters. The molecule has 0 unspecified atom stereocenters. The van der Waals surface area contributed by atoms with Crippen molar-refractivity contribution in [1.29, 1.82) is 0 Å². The molecule has 82 valence electrons. The summed E-state index contributed by atoms with van der Waals surface area (Å²) in [7, 11) is 1.60. The molecule has 0 saturated carbocycles. The second-order valence-corrected chi connectivity index (χ2v) is 3.16. The zero-order valence-corrected chi connectivity index (χ0v) is 8.92. The topological polar surface area (TPSA) is 59.9 Å². The maximum atomic E-state index is 4.98. The molecule has 0 bridgehead atoms. The Bertz CT molecular complexity index is 429. The molecule has 2 rings (SSSR count). The van der Waals surface area contributed by atoms with Gasteiger partial charge in [-0.2, -0.15) is 0 Å². The molecule has 0 aliphatic heterocycles. The molecule has 2 aromatic rings. The maximum absolute atomic E-state index is 4.98. The fraction of sp³-hybridized carbons (Fsp3) is 0.182. The third-order valence-corrected chi connectivity index (χ3v) is 2.06. The van der Waals surface area contributed by atoms with E-state index in [1.165, 1.54) is 6.33 Å². The molecule has 2 aromatic heterocycles. The Morgan fingerprint density at radius 1 is 1.25 bits per heavy atom. The summed E-state index contributed by atoms with van der Waals surface area (Å²) >= 11 is 0. The fourth-order valence-corrected chi connectivity index (χ4v) is 1.22. The number of hydrogen-bond donors (Lipinski definition) is 1. The second-order valence-electron chi connectivity index (χ2n) is 3.16. The number of nitrogens with one attached hydrogen (secondary N) is 1. The number of methoxy groups -OCH3 is 1. The molecule has 0 amide bonds. The molecular weight excluding hydrogens is 204 g/mol. The first kappa shape index (κ1) is 10.4. The molecule has 0 radical (unpaired) electrons. The Balaban J connectivity index is 1.94. The van der Waals surface area contributed by atoms with Gasteiger partial charge in [0.05, 0.1) is 7.11 Å². The van der Waals surface area contributed by atoms with Crippen LogP contribution in [0.4, 0.5) is 5.82 Å². The quantitative estimate of drug-likeness (QED) is 0.839. The highest BCUT2D eigenvalue weighted by Crippen LogP contribution is 2.08. The smallest absolute Gasteiger partial charge is 0.212 e. The number of aromatic nitrogens is 3. The highest BCUT2D eigenvalue weighted by molar-refractivity contribution is 5.33. The van der Waals surface area contributed by atoms with Gasteiger partial charge in [0.25, 0.3) is 0 Å². The normalized spacial score (nSPS) is 9.81. The van der Waals surface area contributed by atoms with Crippen LogP contribution in [0.15, 0.2) is 36.9 Å². The Labute approximate surface area is 93.5 Å². The lowest BCUT2D eigenvalue weighted by Crippen LogP contribution is -2.01. The zero-order valence-electron chi connectivity index (χ0n) is 8.92. The van der Waals surface area contributed by atoms with Crippen molar-refractivity contribution in [3.8, 4) is 5.88 Å². The highest BCUT2D eigenvalue weighted by Gasteiger charge is 1.96. The molecule has 5 heteroatoms. The van der Waals surface area contributed by atoms with E-state index < -0.39 is 0 Å². The van der Waals surface area contributed by atoms with Gasteiger partial charge >= 0.3 is 0 Å². The molecular formula is C11H12N4O. The van der Waals surface area contributed by atoms with Crippen molar-refractivity contribution >= 4 is 5.82 Å². The number of rotatable bonds is 4. The number of anilines is 1. The summed E-state index contributed by atoms with van der Waals surface area (Å²) in [5.74, 6) is 1.41. The van der Waals surface area contributed by atoms with E-state index in [2.05, 4.69) is 20.3 Å². The van der Waals surface area contributed by atoms with Gasteiger partial charge in [-0.15, -0.1) is 0 Å². The first-order chi connectivity index (χ1) is 7.88. The Morgan fingerprint density at radius 3 is 2.81 bits per heavy atom. The third-order valence-electron chi connectivity index (χ3n) is 2.06. The SMILES string of the molecule is COc1ccc(CNc2ccncn2)cn1. The van der Waals surface area contributed by atoms with Gasteiger partial charge in [-0.25, -0.2) is 15.0 Å². The minimum absolute atomic E-state index is 0.616. The van der Waals surface area contributed by atoms with E-state index >= 15 is 0 Å². The summed E-state index contributed by atoms with van der Waals surface area (Å²) in [6.07, 6.45) is 4.98. The van der Waals surface area contributed by atoms with Crippen LogP contribution in [0.3, 0.4) is 0 Å². The first-order valence-electron chi connectivity index (χ1n) is 4.87. The number of nitrogens with zero attached hydrogens (tertiary/aromatic N) is 3. The van der Waals surface area contributed by atoms with Gasteiger partial charge in [0, 0.05) is 25.0 Å². The van der Waals surface area contributed by atoms with Crippen LogP contribution in [0.5, 0.6) is 5.88 Å². The molecule has 0 fully saturated rings. The van der Waals surface area contributed by atoms with Crippen molar-refractivity contribution in [1.82, 2.24) is 15.0 Å². The second kappa shape index (κ2) is 5.06. The standard InChI is InChI=1S/C11H12N4O/c1-16-11-3-2-9(7-14-11)6-13-10-4-5-12-8-15-10/h2-5,7-8H,6H2,1H3,(H,12,13,15). The van der Waals surface area contributed by atoms with E-state index in [0.29, 0.717) is 12.4 Å². The van der Waals surface area contributed by atoms with Crippen LogP contribution >= 0.6 is 0 Å². The van der Waals surface area contributed by atoms with Gasteiger partial charge in [0.15, 0.2) is 0 Å². The summed E-state index contributed by atoms with van der Waals surface area (Å²) in [6, 6.07) is 5.61. The summed E-state index contributed by atoms with van der Waals surface area (Å²) < 4.78 is 4.98. The predicted molar refractivity (Wildman–Crippen MR) is 60.1 cm³/mol.